The molecule has 2 nitrogen and oxygen atoms in total. The Labute approximate surface area is 85.8 Å². The Morgan fingerprint density at radius 2 is 2.08 bits per heavy atom. The van der Waals surface area contributed by atoms with Crippen LogP contribution in [0.2, 0.25) is 0 Å². The second-order valence-corrected chi connectivity index (χ2v) is 4.90. The first kappa shape index (κ1) is 11.3. The number of thioether (sulfide) groups is 1. The minimum atomic E-state index is 0.878. The van der Waals surface area contributed by atoms with Crippen LogP contribution in [0, 0.1) is 0 Å². The maximum Gasteiger partial charge on any atom is 0.0476 e. The summed E-state index contributed by atoms with van der Waals surface area (Å²) in [5.74, 6) is 1.33. The summed E-state index contributed by atoms with van der Waals surface area (Å²) in [6, 6.07) is 0. The van der Waals surface area contributed by atoms with E-state index >= 15 is 0 Å². The first-order chi connectivity index (χ1) is 6.43. The monoisotopic (exact) mass is 203 g/mol. The highest BCUT2D eigenvalue weighted by molar-refractivity contribution is 7.99. The second-order valence-electron chi connectivity index (χ2n) is 3.49. The van der Waals surface area contributed by atoms with E-state index in [2.05, 4.69) is 17.1 Å². The quantitative estimate of drug-likeness (QED) is 0.666. The van der Waals surface area contributed by atoms with E-state index in [-0.39, 0.29) is 0 Å². The average Bonchev–Trinajstić information content (AvgIpc) is 2.19. The standard InChI is InChI=1S/C10H21NOS/c1-11-6-2-3-9-13-10-4-7-12-8-5-10/h10-11H,2-9H2,1H3. The van der Waals surface area contributed by atoms with Gasteiger partial charge in [0.2, 0.25) is 0 Å². The Kier molecular flexibility index (Phi) is 6.68. The predicted molar refractivity (Wildman–Crippen MR) is 59.5 cm³/mol. The van der Waals surface area contributed by atoms with Gasteiger partial charge in [-0.15, -0.1) is 0 Å². The van der Waals surface area contributed by atoms with Gasteiger partial charge in [0.05, 0.1) is 0 Å². The molecule has 78 valence electrons. The number of unbranched alkanes of at least 4 members (excludes halogenated alkanes) is 1. The van der Waals surface area contributed by atoms with E-state index in [1.165, 1.54) is 31.4 Å². The van der Waals surface area contributed by atoms with Crippen LogP contribution < -0.4 is 5.32 Å². The van der Waals surface area contributed by atoms with Gasteiger partial charge < -0.3 is 10.1 Å². The van der Waals surface area contributed by atoms with Crippen LogP contribution in [0.5, 0.6) is 0 Å². The number of hydrogen-bond acceptors (Lipinski definition) is 3. The van der Waals surface area contributed by atoms with Crippen LogP contribution >= 0.6 is 11.8 Å². The minimum Gasteiger partial charge on any atom is -0.381 e. The fourth-order valence-electron chi connectivity index (χ4n) is 1.50. The molecule has 0 aromatic heterocycles. The number of rotatable bonds is 6. The van der Waals surface area contributed by atoms with Crippen LogP contribution in [-0.2, 0) is 4.74 Å². The molecule has 13 heavy (non-hydrogen) atoms. The molecule has 0 saturated carbocycles. The van der Waals surface area contributed by atoms with Gasteiger partial charge in [-0.25, -0.2) is 0 Å². The molecule has 0 spiro atoms. The van der Waals surface area contributed by atoms with Gasteiger partial charge in [-0.2, -0.15) is 11.8 Å². The van der Waals surface area contributed by atoms with Crippen molar-refractivity contribution in [3.8, 4) is 0 Å². The molecule has 1 fully saturated rings. The Morgan fingerprint density at radius 1 is 1.31 bits per heavy atom. The lowest BCUT2D eigenvalue weighted by atomic mass is 10.2. The zero-order valence-corrected chi connectivity index (χ0v) is 9.37. The summed E-state index contributed by atoms with van der Waals surface area (Å²) in [6.45, 7) is 3.12. The third kappa shape index (κ3) is 5.55. The average molecular weight is 203 g/mol. The molecule has 1 aliphatic rings. The van der Waals surface area contributed by atoms with E-state index in [0.29, 0.717) is 0 Å². The largest absolute Gasteiger partial charge is 0.381 e. The summed E-state index contributed by atoms with van der Waals surface area (Å²) >= 11 is 2.14. The molecule has 0 atom stereocenters. The zero-order chi connectivity index (χ0) is 9.36. The Hall–Kier alpha value is 0.270. The summed E-state index contributed by atoms with van der Waals surface area (Å²) in [7, 11) is 2.02. The number of nitrogens with one attached hydrogen (secondary N) is 1. The van der Waals surface area contributed by atoms with E-state index < -0.39 is 0 Å². The van der Waals surface area contributed by atoms with Crippen LogP contribution in [0.4, 0.5) is 0 Å². The molecule has 3 heteroatoms. The molecule has 0 radical (unpaired) electrons. The molecule has 0 unspecified atom stereocenters. The highest BCUT2D eigenvalue weighted by atomic mass is 32.2. The molecule has 0 bridgehead atoms. The zero-order valence-electron chi connectivity index (χ0n) is 8.55. The summed E-state index contributed by atoms with van der Waals surface area (Å²) < 4.78 is 5.32. The van der Waals surface area contributed by atoms with Crippen LogP contribution in [0.1, 0.15) is 25.7 Å². The van der Waals surface area contributed by atoms with Crippen molar-refractivity contribution in [3.63, 3.8) is 0 Å². The van der Waals surface area contributed by atoms with Crippen molar-refractivity contribution in [1.82, 2.24) is 5.32 Å². The molecule has 1 saturated heterocycles. The van der Waals surface area contributed by atoms with Crippen molar-refractivity contribution in [2.24, 2.45) is 0 Å². The molecule has 0 amide bonds. The van der Waals surface area contributed by atoms with Gasteiger partial charge in [-0.1, -0.05) is 0 Å². The van der Waals surface area contributed by atoms with Crippen LogP contribution in [0.25, 0.3) is 0 Å². The first-order valence-corrected chi connectivity index (χ1v) is 6.32. The molecule has 0 aromatic rings. The second kappa shape index (κ2) is 7.65. The summed E-state index contributed by atoms with van der Waals surface area (Å²) in [6.07, 6.45) is 5.18. The van der Waals surface area contributed by atoms with Gasteiger partial charge in [-0.3, -0.25) is 0 Å². The van der Waals surface area contributed by atoms with Crippen molar-refractivity contribution in [2.75, 3.05) is 32.6 Å². The van der Waals surface area contributed by atoms with Gasteiger partial charge in [0.15, 0.2) is 0 Å². The third-order valence-corrected chi connectivity index (χ3v) is 3.81. The van der Waals surface area contributed by atoms with E-state index in [0.717, 1.165) is 25.0 Å². The molecule has 1 heterocycles. The maximum atomic E-state index is 5.32. The van der Waals surface area contributed by atoms with Crippen LogP contribution in [-0.4, -0.2) is 37.8 Å². The maximum absolute atomic E-state index is 5.32. The lowest BCUT2D eigenvalue weighted by Gasteiger charge is -2.21. The highest BCUT2D eigenvalue weighted by Gasteiger charge is 2.12. The van der Waals surface area contributed by atoms with E-state index in [4.69, 9.17) is 4.74 Å². The lowest BCUT2D eigenvalue weighted by Crippen LogP contribution is -2.18. The molecule has 1 N–H and O–H groups in total. The number of hydrogen-bond donors (Lipinski definition) is 1. The third-order valence-electron chi connectivity index (χ3n) is 2.34. The minimum absolute atomic E-state index is 0.878. The smallest absolute Gasteiger partial charge is 0.0476 e. The SMILES string of the molecule is CNCCCCSC1CCOCC1. The summed E-state index contributed by atoms with van der Waals surface area (Å²) in [5.41, 5.74) is 0. The molecule has 0 aromatic carbocycles. The fourth-order valence-corrected chi connectivity index (χ4v) is 2.73. The van der Waals surface area contributed by atoms with Crippen molar-refractivity contribution >= 4 is 11.8 Å². The van der Waals surface area contributed by atoms with Crippen molar-refractivity contribution in [2.45, 2.75) is 30.9 Å². The Morgan fingerprint density at radius 3 is 2.77 bits per heavy atom. The normalized spacial score (nSPS) is 19.2. The first-order valence-electron chi connectivity index (χ1n) is 5.27. The van der Waals surface area contributed by atoms with E-state index in [1.54, 1.807) is 0 Å². The Bertz CT molecular complexity index is 115. The van der Waals surface area contributed by atoms with Crippen molar-refractivity contribution in [3.05, 3.63) is 0 Å². The van der Waals surface area contributed by atoms with Crippen molar-refractivity contribution in [1.29, 1.82) is 0 Å². The van der Waals surface area contributed by atoms with Gasteiger partial charge in [0, 0.05) is 18.5 Å². The topological polar surface area (TPSA) is 21.3 Å². The summed E-state index contributed by atoms with van der Waals surface area (Å²) in [5, 5.41) is 4.05. The summed E-state index contributed by atoms with van der Waals surface area (Å²) in [4.78, 5) is 0. The Balaban J connectivity index is 1.86. The van der Waals surface area contributed by atoms with Crippen molar-refractivity contribution < 1.29 is 4.74 Å². The van der Waals surface area contributed by atoms with E-state index in [9.17, 15) is 0 Å². The predicted octanol–water partition coefficient (Wildman–Crippen LogP) is 1.90. The van der Waals surface area contributed by atoms with Gasteiger partial charge in [-0.05, 0) is 45.0 Å². The van der Waals surface area contributed by atoms with Crippen LogP contribution in [0.15, 0.2) is 0 Å². The lowest BCUT2D eigenvalue weighted by molar-refractivity contribution is 0.100. The van der Waals surface area contributed by atoms with Gasteiger partial charge >= 0.3 is 0 Å². The molecule has 0 aliphatic carbocycles. The fraction of sp³-hybridized carbons (Fsp3) is 1.00. The molecule has 1 rings (SSSR count). The molecular formula is C10H21NOS. The van der Waals surface area contributed by atoms with E-state index in [1.807, 2.05) is 7.05 Å². The number of ether oxygens (including phenoxy) is 1. The molecule has 1 aliphatic heterocycles. The van der Waals surface area contributed by atoms with Crippen LogP contribution in [0.3, 0.4) is 0 Å². The van der Waals surface area contributed by atoms with Gasteiger partial charge in [0.1, 0.15) is 0 Å². The molecular weight excluding hydrogens is 182 g/mol. The highest BCUT2D eigenvalue weighted by Crippen LogP contribution is 2.22. The van der Waals surface area contributed by atoms with Gasteiger partial charge in [0.25, 0.3) is 0 Å².